The average molecular weight is 324 g/mol. The van der Waals surface area contributed by atoms with Gasteiger partial charge in [-0.1, -0.05) is 35.3 Å². The molecule has 1 aromatic heterocycles. The van der Waals surface area contributed by atoms with Gasteiger partial charge in [0.15, 0.2) is 0 Å². The molecule has 4 nitrogen and oxygen atoms in total. The lowest BCUT2D eigenvalue weighted by Gasteiger charge is -2.37. The number of phenols is 1. The molecule has 0 amide bonds. The van der Waals surface area contributed by atoms with E-state index in [9.17, 15) is 5.11 Å². The van der Waals surface area contributed by atoms with Crippen molar-refractivity contribution in [3.8, 4) is 5.75 Å². The average Bonchev–Trinajstić information content (AvgIpc) is 2.48. The number of nitrogens with zero attached hydrogens (tertiary/aromatic N) is 3. The monoisotopic (exact) mass is 323 g/mol. The maximum absolute atomic E-state index is 9.92. The van der Waals surface area contributed by atoms with Crippen molar-refractivity contribution in [2.45, 2.75) is 0 Å². The first-order valence-corrected chi connectivity index (χ1v) is 7.49. The molecule has 1 saturated heterocycles. The summed E-state index contributed by atoms with van der Waals surface area (Å²) in [5, 5.41) is 11.0. The van der Waals surface area contributed by atoms with Crippen LogP contribution in [-0.2, 0) is 0 Å². The number of phenolic OH excluding ortho intramolecular Hbond substituents is 1. The normalized spacial score (nSPS) is 15.3. The van der Waals surface area contributed by atoms with Crippen LogP contribution in [-0.4, -0.2) is 36.3 Å². The van der Waals surface area contributed by atoms with Gasteiger partial charge < -0.3 is 14.9 Å². The molecule has 0 spiro atoms. The summed E-state index contributed by atoms with van der Waals surface area (Å²) >= 11 is 12.1. The highest BCUT2D eigenvalue weighted by Gasteiger charge is 2.21. The van der Waals surface area contributed by atoms with Crippen LogP contribution >= 0.6 is 23.2 Å². The molecule has 1 aliphatic heterocycles. The number of rotatable bonds is 2. The van der Waals surface area contributed by atoms with E-state index in [0.717, 1.165) is 37.7 Å². The fourth-order valence-corrected chi connectivity index (χ4v) is 3.03. The van der Waals surface area contributed by atoms with Gasteiger partial charge in [-0.2, -0.15) is 0 Å². The fourth-order valence-electron chi connectivity index (χ4n) is 2.53. The number of para-hydroxylation sites is 2. The molecule has 0 bridgehead atoms. The van der Waals surface area contributed by atoms with Crippen LogP contribution in [0.25, 0.3) is 0 Å². The van der Waals surface area contributed by atoms with Crippen LogP contribution in [0.2, 0.25) is 10.0 Å². The molecule has 0 unspecified atom stereocenters. The van der Waals surface area contributed by atoms with E-state index in [2.05, 4.69) is 14.8 Å². The zero-order chi connectivity index (χ0) is 14.8. The van der Waals surface area contributed by atoms with Gasteiger partial charge in [0.25, 0.3) is 0 Å². The van der Waals surface area contributed by atoms with Crippen LogP contribution in [0.3, 0.4) is 0 Å². The van der Waals surface area contributed by atoms with E-state index >= 15 is 0 Å². The van der Waals surface area contributed by atoms with Crippen molar-refractivity contribution in [1.29, 1.82) is 0 Å². The van der Waals surface area contributed by atoms with Crippen LogP contribution in [0, 0.1) is 0 Å². The number of benzene rings is 1. The first kappa shape index (κ1) is 14.3. The molecule has 110 valence electrons. The van der Waals surface area contributed by atoms with Crippen molar-refractivity contribution in [2.24, 2.45) is 0 Å². The van der Waals surface area contributed by atoms with Crippen molar-refractivity contribution in [1.82, 2.24) is 4.98 Å². The molecular formula is C15H15Cl2N3O. The Balaban J connectivity index is 1.72. The summed E-state index contributed by atoms with van der Waals surface area (Å²) in [5.74, 6) is 1.08. The van der Waals surface area contributed by atoms with Gasteiger partial charge in [0, 0.05) is 32.4 Å². The Kier molecular flexibility index (Phi) is 4.08. The van der Waals surface area contributed by atoms with E-state index in [0.29, 0.717) is 15.8 Å². The summed E-state index contributed by atoms with van der Waals surface area (Å²) in [5.41, 5.74) is 0.868. The zero-order valence-corrected chi connectivity index (χ0v) is 12.8. The Morgan fingerprint density at radius 3 is 2.33 bits per heavy atom. The predicted octanol–water partition coefficient (Wildman–Crippen LogP) is 3.42. The molecular weight excluding hydrogens is 309 g/mol. The molecule has 1 fully saturated rings. The third-order valence-corrected chi connectivity index (χ3v) is 4.07. The lowest BCUT2D eigenvalue weighted by atomic mass is 10.2. The third-order valence-electron chi connectivity index (χ3n) is 3.59. The highest BCUT2D eigenvalue weighted by atomic mass is 35.5. The quantitative estimate of drug-likeness (QED) is 0.919. The maximum Gasteiger partial charge on any atom is 0.147 e. The van der Waals surface area contributed by atoms with E-state index in [1.54, 1.807) is 18.3 Å². The zero-order valence-electron chi connectivity index (χ0n) is 11.3. The number of anilines is 2. The van der Waals surface area contributed by atoms with Crippen molar-refractivity contribution >= 4 is 34.7 Å². The summed E-state index contributed by atoms with van der Waals surface area (Å²) in [6.07, 6.45) is 1.61. The largest absolute Gasteiger partial charge is 0.506 e. The molecule has 21 heavy (non-hydrogen) atoms. The Labute approximate surface area is 133 Å². The summed E-state index contributed by atoms with van der Waals surface area (Å²) < 4.78 is 0. The second-order valence-corrected chi connectivity index (χ2v) is 5.77. The molecule has 2 heterocycles. The van der Waals surface area contributed by atoms with Gasteiger partial charge in [0.05, 0.1) is 15.7 Å². The molecule has 0 saturated carbocycles. The van der Waals surface area contributed by atoms with Gasteiger partial charge in [-0.05, 0) is 18.2 Å². The number of hydrogen-bond donors (Lipinski definition) is 1. The first-order chi connectivity index (χ1) is 10.1. The fraction of sp³-hybridized carbons (Fsp3) is 0.267. The number of piperazine rings is 1. The van der Waals surface area contributed by atoms with Crippen LogP contribution in [0.1, 0.15) is 0 Å². The maximum atomic E-state index is 9.92. The highest BCUT2D eigenvalue weighted by molar-refractivity contribution is 6.36. The molecule has 3 rings (SSSR count). The molecule has 6 heteroatoms. The Hall–Kier alpha value is -1.65. The minimum absolute atomic E-state index is 0.314. The molecule has 0 atom stereocenters. The van der Waals surface area contributed by atoms with Crippen LogP contribution in [0.4, 0.5) is 11.5 Å². The van der Waals surface area contributed by atoms with E-state index in [-0.39, 0.29) is 0 Å². The lowest BCUT2D eigenvalue weighted by molar-refractivity contribution is 0.472. The Bertz CT molecular complexity index is 643. The van der Waals surface area contributed by atoms with Crippen LogP contribution in [0.5, 0.6) is 5.75 Å². The highest BCUT2D eigenvalue weighted by Crippen LogP contribution is 2.30. The van der Waals surface area contributed by atoms with Crippen LogP contribution in [0.15, 0.2) is 36.5 Å². The predicted molar refractivity (Wildman–Crippen MR) is 86.8 cm³/mol. The van der Waals surface area contributed by atoms with Crippen molar-refractivity contribution in [2.75, 3.05) is 36.0 Å². The Morgan fingerprint density at radius 1 is 1.00 bits per heavy atom. The van der Waals surface area contributed by atoms with E-state index in [4.69, 9.17) is 23.2 Å². The summed E-state index contributed by atoms with van der Waals surface area (Å²) in [6.45, 7) is 3.20. The second-order valence-electron chi connectivity index (χ2n) is 4.92. The molecule has 1 aromatic carbocycles. The molecule has 1 N–H and O–H groups in total. The Morgan fingerprint density at radius 2 is 1.67 bits per heavy atom. The molecule has 0 radical (unpaired) electrons. The van der Waals surface area contributed by atoms with Crippen molar-refractivity contribution in [3.63, 3.8) is 0 Å². The smallest absolute Gasteiger partial charge is 0.147 e. The lowest BCUT2D eigenvalue weighted by Crippen LogP contribution is -2.47. The van der Waals surface area contributed by atoms with Gasteiger partial charge in [0.1, 0.15) is 11.6 Å². The SMILES string of the molecule is Oc1ccccc1N1CCN(c2ncc(Cl)cc2Cl)CC1. The number of aromatic nitrogens is 1. The molecule has 1 aliphatic rings. The van der Waals surface area contributed by atoms with Gasteiger partial charge >= 0.3 is 0 Å². The topological polar surface area (TPSA) is 39.6 Å². The van der Waals surface area contributed by atoms with Crippen molar-refractivity contribution in [3.05, 3.63) is 46.6 Å². The second kappa shape index (κ2) is 6.00. The van der Waals surface area contributed by atoms with Crippen molar-refractivity contribution < 1.29 is 5.11 Å². The molecule has 0 aliphatic carbocycles. The number of pyridine rings is 1. The van der Waals surface area contributed by atoms with Gasteiger partial charge in [-0.25, -0.2) is 4.98 Å². The third kappa shape index (κ3) is 3.01. The minimum Gasteiger partial charge on any atom is -0.506 e. The first-order valence-electron chi connectivity index (χ1n) is 6.74. The summed E-state index contributed by atoms with van der Waals surface area (Å²) in [7, 11) is 0. The van der Waals surface area contributed by atoms with Crippen LogP contribution < -0.4 is 9.80 Å². The van der Waals surface area contributed by atoms with E-state index < -0.39 is 0 Å². The standard InChI is InChI=1S/C15H15Cl2N3O/c16-11-9-12(17)15(18-10-11)20-7-5-19(6-8-20)13-3-1-2-4-14(13)21/h1-4,9-10,21H,5-8H2. The van der Waals surface area contributed by atoms with Gasteiger partial charge in [0.2, 0.25) is 0 Å². The number of hydrogen-bond acceptors (Lipinski definition) is 4. The van der Waals surface area contributed by atoms with Gasteiger partial charge in [-0.3, -0.25) is 0 Å². The summed E-state index contributed by atoms with van der Waals surface area (Å²) in [4.78, 5) is 8.61. The van der Waals surface area contributed by atoms with E-state index in [1.165, 1.54) is 0 Å². The molecule has 2 aromatic rings. The van der Waals surface area contributed by atoms with Gasteiger partial charge in [-0.15, -0.1) is 0 Å². The summed E-state index contributed by atoms with van der Waals surface area (Å²) in [6, 6.07) is 9.10. The van der Waals surface area contributed by atoms with E-state index in [1.807, 2.05) is 18.2 Å². The number of halogens is 2. The number of aromatic hydroxyl groups is 1. The minimum atomic E-state index is 0.314.